The van der Waals surface area contributed by atoms with Gasteiger partial charge in [0.2, 0.25) is 5.91 Å². The molecule has 100 valence electrons. The number of carbonyl (C=O) groups is 1. The molecule has 1 aromatic rings. The molecule has 1 rings (SSSR count). The van der Waals surface area contributed by atoms with Gasteiger partial charge in [0.05, 0.1) is 5.41 Å². The van der Waals surface area contributed by atoms with E-state index < -0.39 is 11.0 Å². The van der Waals surface area contributed by atoms with Crippen LogP contribution in [0, 0.1) is 12.3 Å². The second kappa shape index (κ2) is 5.02. The molecule has 0 aliphatic carbocycles. The fourth-order valence-electron chi connectivity index (χ4n) is 1.30. The number of anilines is 1. The average Bonchev–Trinajstić information content (AvgIpc) is 2.21. The van der Waals surface area contributed by atoms with Gasteiger partial charge in [-0.1, -0.05) is 15.9 Å². The average molecular weight is 313 g/mol. The summed E-state index contributed by atoms with van der Waals surface area (Å²) in [7, 11) is 0. The number of rotatable bonds is 3. The molecule has 0 saturated heterocycles. The summed E-state index contributed by atoms with van der Waals surface area (Å²) in [5.41, 5.74) is 6.70. The van der Waals surface area contributed by atoms with E-state index in [9.17, 15) is 4.79 Å². The Hall–Kier alpha value is -0.870. The first-order valence-corrected chi connectivity index (χ1v) is 6.71. The van der Waals surface area contributed by atoms with Crippen molar-refractivity contribution in [3.05, 3.63) is 28.2 Å². The highest BCUT2D eigenvalue weighted by molar-refractivity contribution is 9.10. The summed E-state index contributed by atoms with van der Waals surface area (Å²) in [6.45, 7) is 9.42. The Morgan fingerprint density at radius 2 is 1.83 bits per heavy atom. The molecule has 0 aliphatic rings. The van der Waals surface area contributed by atoms with Gasteiger partial charge in [0, 0.05) is 15.7 Å². The number of carbonyl (C=O) groups excluding carboxylic acids is 1. The number of aryl methyl sites for hydroxylation is 1. The zero-order valence-electron chi connectivity index (χ0n) is 11.6. The molecule has 0 unspecified atom stereocenters. The Balaban J connectivity index is 2.91. The highest BCUT2D eigenvalue weighted by Crippen LogP contribution is 2.30. The molecule has 0 atom stereocenters. The molecule has 0 bridgehead atoms. The maximum Gasteiger partial charge on any atom is 0.231 e. The highest BCUT2D eigenvalue weighted by atomic mass is 79.9. The van der Waals surface area contributed by atoms with Crippen molar-refractivity contribution in [2.45, 2.75) is 40.2 Å². The van der Waals surface area contributed by atoms with Gasteiger partial charge in [0.15, 0.2) is 0 Å². The van der Waals surface area contributed by atoms with E-state index in [4.69, 9.17) is 5.73 Å². The number of benzene rings is 1. The van der Waals surface area contributed by atoms with Crippen molar-refractivity contribution in [3.63, 3.8) is 0 Å². The zero-order chi connectivity index (χ0) is 14.1. The van der Waals surface area contributed by atoms with Crippen LogP contribution in [0.3, 0.4) is 0 Å². The van der Waals surface area contributed by atoms with Crippen LogP contribution in [-0.2, 0) is 4.79 Å². The number of amides is 1. The van der Waals surface area contributed by atoms with Gasteiger partial charge in [-0.25, -0.2) is 0 Å². The van der Waals surface area contributed by atoms with Crippen LogP contribution in [0.15, 0.2) is 22.7 Å². The van der Waals surface area contributed by atoms with E-state index in [2.05, 4.69) is 21.2 Å². The van der Waals surface area contributed by atoms with E-state index in [1.165, 1.54) is 0 Å². The number of nitrogens with one attached hydrogen (secondary N) is 1. The highest BCUT2D eigenvalue weighted by Gasteiger charge is 2.40. The van der Waals surface area contributed by atoms with E-state index >= 15 is 0 Å². The van der Waals surface area contributed by atoms with E-state index in [1.54, 1.807) is 0 Å². The van der Waals surface area contributed by atoms with Crippen LogP contribution in [0.2, 0.25) is 0 Å². The van der Waals surface area contributed by atoms with Crippen molar-refractivity contribution < 1.29 is 4.79 Å². The molecule has 0 fully saturated rings. The zero-order valence-corrected chi connectivity index (χ0v) is 13.2. The number of halogens is 1. The first-order chi connectivity index (χ1) is 8.05. The van der Waals surface area contributed by atoms with Crippen LogP contribution in [0.5, 0.6) is 0 Å². The van der Waals surface area contributed by atoms with E-state index in [-0.39, 0.29) is 5.91 Å². The Kier molecular flexibility index (Phi) is 4.23. The largest absolute Gasteiger partial charge is 0.326 e. The van der Waals surface area contributed by atoms with Crippen molar-refractivity contribution in [2.75, 3.05) is 5.32 Å². The summed E-state index contributed by atoms with van der Waals surface area (Å²) in [4.78, 5) is 12.3. The molecule has 1 amide bonds. The lowest BCUT2D eigenvalue weighted by molar-refractivity contribution is -0.126. The van der Waals surface area contributed by atoms with Gasteiger partial charge in [-0.15, -0.1) is 0 Å². The van der Waals surface area contributed by atoms with Gasteiger partial charge in [0.1, 0.15) is 0 Å². The SMILES string of the molecule is Cc1cc(NC(=O)C(C)(C)C(C)(C)N)ccc1Br. The Labute approximate surface area is 117 Å². The maximum atomic E-state index is 12.3. The molecule has 3 nitrogen and oxygen atoms in total. The third kappa shape index (κ3) is 3.12. The van der Waals surface area contributed by atoms with Gasteiger partial charge in [-0.05, 0) is 58.4 Å². The minimum absolute atomic E-state index is 0.0725. The summed E-state index contributed by atoms with van der Waals surface area (Å²) < 4.78 is 1.03. The number of hydrogen-bond acceptors (Lipinski definition) is 2. The summed E-state index contributed by atoms with van der Waals surface area (Å²) in [5, 5.41) is 2.92. The minimum atomic E-state index is -0.645. The molecular formula is C14H21BrN2O. The van der Waals surface area contributed by atoms with Gasteiger partial charge in [0.25, 0.3) is 0 Å². The van der Waals surface area contributed by atoms with Gasteiger partial charge < -0.3 is 11.1 Å². The smallest absolute Gasteiger partial charge is 0.231 e. The van der Waals surface area contributed by atoms with Crippen LogP contribution >= 0.6 is 15.9 Å². The molecule has 0 saturated carbocycles. The topological polar surface area (TPSA) is 55.1 Å². The monoisotopic (exact) mass is 312 g/mol. The molecule has 0 spiro atoms. The third-order valence-corrected chi connectivity index (χ3v) is 4.48. The lowest BCUT2D eigenvalue weighted by Crippen LogP contribution is -2.53. The number of nitrogens with two attached hydrogens (primary N) is 1. The van der Waals surface area contributed by atoms with Gasteiger partial charge in [-0.3, -0.25) is 4.79 Å². The molecule has 4 heteroatoms. The first-order valence-electron chi connectivity index (χ1n) is 5.92. The quantitative estimate of drug-likeness (QED) is 0.898. The molecule has 3 N–H and O–H groups in total. The lowest BCUT2D eigenvalue weighted by Gasteiger charge is -2.36. The Morgan fingerprint density at radius 1 is 1.28 bits per heavy atom. The lowest BCUT2D eigenvalue weighted by atomic mass is 9.74. The Morgan fingerprint density at radius 3 is 2.28 bits per heavy atom. The summed E-state index contributed by atoms with van der Waals surface area (Å²) in [5.74, 6) is -0.0725. The van der Waals surface area contributed by atoms with Crippen molar-refractivity contribution in [1.29, 1.82) is 0 Å². The van der Waals surface area contributed by atoms with Gasteiger partial charge in [-0.2, -0.15) is 0 Å². The predicted molar refractivity (Wildman–Crippen MR) is 79.6 cm³/mol. The van der Waals surface area contributed by atoms with Crippen LogP contribution in [0.1, 0.15) is 33.3 Å². The first kappa shape index (κ1) is 15.2. The van der Waals surface area contributed by atoms with Gasteiger partial charge >= 0.3 is 0 Å². The van der Waals surface area contributed by atoms with Crippen molar-refractivity contribution in [3.8, 4) is 0 Å². The predicted octanol–water partition coefficient (Wildman–Crippen LogP) is 3.46. The molecule has 1 aromatic carbocycles. The summed E-state index contributed by atoms with van der Waals surface area (Å²) >= 11 is 3.43. The van der Waals surface area contributed by atoms with Crippen LogP contribution in [0.4, 0.5) is 5.69 Å². The molecule has 0 aliphatic heterocycles. The molecule has 0 radical (unpaired) electrons. The van der Waals surface area contributed by atoms with Crippen molar-refractivity contribution in [2.24, 2.45) is 11.1 Å². The normalized spacial score (nSPS) is 12.4. The van der Waals surface area contributed by atoms with E-state index in [0.29, 0.717) is 0 Å². The van der Waals surface area contributed by atoms with E-state index in [1.807, 2.05) is 52.8 Å². The fourth-order valence-corrected chi connectivity index (χ4v) is 1.55. The van der Waals surface area contributed by atoms with E-state index in [0.717, 1.165) is 15.7 Å². The molecule has 0 heterocycles. The third-order valence-electron chi connectivity index (χ3n) is 3.59. The molecule has 0 aromatic heterocycles. The standard InChI is InChI=1S/C14H21BrN2O/c1-9-8-10(6-7-11(9)15)17-12(18)13(2,3)14(4,5)16/h6-8H,16H2,1-5H3,(H,17,18). The second-order valence-corrected chi connectivity index (χ2v) is 6.62. The van der Waals surface area contributed by atoms with Crippen LogP contribution in [0.25, 0.3) is 0 Å². The second-order valence-electron chi connectivity index (χ2n) is 5.76. The fraction of sp³-hybridized carbons (Fsp3) is 0.500. The summed E-state index contributed by atoms with van der Waals surface area (Å²) in [6, 6.07) is 5.72. The van der Waals surface area contributed by atoms with Crippen molar-refractivity contribution >= 4 is 27.5 Å². The molecular weight excluding hydrogens is 292 g/mol. The Bertz CT molecular complexity index is 461. The molecule has 18 heavy (non-hydrogen) atoms. The van der Waals surface area contributed by atoms with Crippen molar-refractivity contribution in [1.82, 2.24) is 0 Å². The maximum absolute atomic E-state index is 12.3. The van der Waals surface area contributed by atoms with Crippen LogP contribution < -0.4 is 11.1 Å². The van der Waals surface area contributed by atoms with Crippen LogP contribution in [-0.4, -0.2) is 11.4 Å². The minimum Gasteiger partial charge on any atom is -0.326 e. The number of hydrogen-bond donors (Lipinski definition) is 2. The summed E-state index contributed by atoms with van der Waals surface area (Å²) in [6.07, 6.45) is 0.